The summed E-state index contributed by atoms with van der Waals surface area (Å²) in [7, 11) is 0. The van der Waals surface area contributed by atoms with Crippen LogP contribution in [0.1, 0.15) is 27.2 Å². The topological polar surface area (TPSA) is 0 Å². The first-order valence-electron chi connectivity index (χ1n) is 2.36. The van der Waals surface area contributed by atoms with Gasteiger partial charge in [-0.25, -0.2) is 0 Å². The number of hydrogen-bond acceptors (Lipinski definition) is 0. The Morgan fingerprint density at radius 2 is 1.10 bits per heavy atom. The standard InChI is InChI=1S/2C3H7.2HI.2Zn/c2*1-3-2;;;;/h3H,1-2H3;1,3H2,2H3;2*1H;;/q2*-1;;;2*+2/p-2. The number of halogens is 2. The maximum absolute atomic E-state index is 3.49. The first kappa shape index (κ1) is 38.7. The molecule has 0 bridgehead atoms. The zero-order valence-corrected chi connectivity index (χ0v) is 17.4. The van der Waals surface area contributed by atoms with Gasteiger partial charge in [0, 0.05) is 0 Å². The van der Waals surface area contributed by atoms with Crippen molar-refractivity contribution in [2.24, 2.45) is 0 Å². The molecule has 0 radical (unpaired) electrons. The van der Waals surface area contributed by atoms with Gasteiger partial charge in [0.2, 0.25) is 0 Å². The van der Waals surface area contributed by atoms with Crippen molar-refractivity contribution >= 4 is 0 Å². The molecule has 0 aromatic heterocycles. The van der Waals surface area contributed by atoms with E-state index in [1.54, 1.807) is 0 Å². The van der Waals surface area contributed by atoms with Crippen LogP contribution in [0.4, 0.5) is 0 Å². The molecule has 0 amide bonds. The van der Waals surface area contributed by atoms with Crippen LogP contribution < -0.4 is 48.0 Å². The number of hydrogen-bond donors (Lipinski definition) is 0. The molecule has 0 aliphatic carbocycles. The summed E-state index contributed by atoms with van der Waals surface area (Å²) in [5.74, 6) is 0. The Hall–Kier alpha value is 2.71. The third-order valence-electron chi connectivity index (χ3n) is 0. The Morgan fingerprint density at radius 3 is 1.10 bits per heavy atom. The Balaban J connectivity index is -0.00000000571. The summed E-state index contributed by atoms with van der Waals surface area (Å²) in [6.07, 6.45) is 3.00. The molecule has 0 N–H and O–H groups in total. The molecule has 0 spiro atoms. The molecule has 56 valence electrons. The Labute approximate surface area is 126 Å². The second-order valence-electron chi connectivity index (χ2n) is 1.08. The van der Waals surface area contributed by atoms with E-state index in [-0.39, 0.29) is 86.9 Å². The zero-order chi connectivity index (χ0) is 5.41. The molecule has 0 rings (SSSR count). The van der Waals surface area contributed by atoms with Crippen LogP contribution in [0, 0.1) is 13.3 Å². The van der Waals surface area contributed by atoms with Crippen molar-refractivity contribution < 1.29 is 86.9 Å². The minimum atomic E-state index is 0. The van der Waals surface area contributed by atoms with E-state index in [1.807, 2.05) is 27.2 Å². The summed E-state index contributed by atoms with van der Waals surface area (Å²) in [5, 5.41) is 0. The molecule has 0 heterocycles. The Bertz CT molecular complexity index is 15.7. The van der Waals surface area contributed by atoms with E-state index in [2.05, 4.69) is 6.92 Å². The van der Waals surface area contributed by atoms with Crippen LogP contribution >= 0.6 is 0 Å². The molecule has 0 fully saturated rings. The van der Waals surface area contributed by atoms with E-state index in [4.69, 9.17) is 0 Å². The molecular weight excluding hydrogens is 457 g/mol. The third kappa shape index (κ3) is 138. The molecule has 0 aliphatic heterocycles. The minimum absolute atomic E-state index is 0. The Kier molecular flexibility index (Phi) is 235. The van der Waals surface area contributed by atoms with E-state index in [1.165, 1.54) is 0 Å². The second-order valence-corrected chi connectivity index (χ2v) is 1.08. The molecule has 0 unspecified atom stereocenters. The van der Waals surface area contributed by atoms with E-state index >= 15 is 0 Å². The predicted octanol–water partition coefficient (Wildman–Crippen LogP) is -3.54. The maximum atomic E-state index is 3.49. The predicted molar refractivity (Wildman–Crippen MR) is 31.3 cm³/mol. The van der Waals surface area contributed by atoms with Gasteiger partial charge in [-0.05, 0) is 0 Å². The molecular formula is C6H14I2Zn2. The summed E-state index contributed by atoms with van der Waals surface area (Å²) >= 11 is 0. The first-order chi connectivity index (χ1) is 2.83. The van der Waals surface area contributed by atoms with E-state index in [0.717, 1.165) is 6.42 Å². The molecule has 0 aromatic rings. The maximum Gasteiger partial charge on any atom is 2.00 e. The largest absolute Gasteiger partial charge is 2.00 e. The molecule has 0 atom stereocenters. The van der Waals surface area contributed by atoms with Crippen molar-refractivity contribution in [3.05, 3.63) is 13.3 Å². The van der Waals surface area contributed by atoms with Crippen molar-refractivity contribution in [3.63, 3.8) is 0 Å². The van der Waals surface area contributed by atoms with Crippen LogP contribution in [0.5, 0.6) is 0 Å². The summed E-state index contributed by atoms with van der Waals surface area (Å²) in [5.41, 5.74) is 0. The molecule has 0 aliphatic rings. The van der Waals surface area contributed by atoms with E-state index in [9.17, 15) is 0 Å². The van der Waals surface area contributed by atoms with Crippen molar-refractivity contribution in [3.8, 4) is 0 Å². The summed E-state index contributed by atoms with van der Waals surface area (Å²) in [6.45, 7) is 9.50. The van der Waals surface area contributed by atoms with Gasteiger partial charge in [0.1, 0.15) is 0 Å². The van der Waals surface area contributed by atoms with Crippen molar-refractivity contribution in [1.82, 2.24) is 0 Å². The van der Waals surface area contributed by atoms with Gasteiger partial charge in [0.05, 0.1) is 0 Å². The summed E-state index contributed by atoms with van der Waals surface area (Å²) in [6, 6.07) is 0. The number of rotatable bonds is 0. The molecule has 0 aromatic carbocycles. The smallest absolute Gasteiger partial charge is 1.00 e. The van der Waals surface area contributed by atoms with Gasteiger partial charge in [0.15, 0.2) is 0 Å². The fourth-order valence-corrected chi connectivity index (χ4v) is 0. The van der Waals surface area contributed by atoms with Crippen molar-refractivity contribution in [2.75, 3.05) is 0 Å². The fourth-order valence-electron chi connectivity index (χ4n) is 0. The van der Waals surface area contributed by atoms with E-state index < -0.39 is 0 Å². The summed E-state index contributed by atoms with van der Waals surface area (Å²) in [4.78, 5) is 0. The SMILES string of the molecule is C[CH-]C.[CH2-]CC.[I-].[I-].[Zn+2].[Zn+2]. The van der Waals surface area contributed by atoms with E-state index in [0.29, 0.717) is 0 Å². The second kappa shape index (κ2) is 60.6. The van der Waals surface area contributed by atoms with Gasteiger partial charge >= 0.3 is 39.0 Å². The van der Waals surface area contributed by atoms with Gasteiger partial charge in [-0.2, -0.15) is 20.3 Å². The van der Waals surface area contributed by atoms with Gasteiger partial charge in [-0.3, -0.25) is 0 Å². The molecule has 0 nitrogen and oxygen atoms in total. The van der Waals surface area contributed by atoms with Crippen LogP contribution in [0.2, 0.25) is 0 Å². The molecule has 0 saturated carbocycles. The van der Waals surface area contributed by atoms with Crippen LogP contribution in [0.25, 0.3) is 0 Å². The average molecular weight is 471 g/mol. The quantitative estimate of drug-likeness (QED) is 0.196. The first-order valence-corrected chi connectivity index (χ1v) is 2.36. The van der Waals surface area contributed by atoms with Gasteiger partial charge < -0.3 is 61.3 Å². The Morgan fingerprint density at radius 1 is 1.10 bits per heavy atom. The zero-order valence-electron chi connectivity index (χ0n) is 7.16. The van der Waals surface area contributed by atoms with Crippen LogP contribution in [-0.2, 0) is 39.0 Å². The van der Waals surface area contributed by atoms with Crippen molar-refractivity contribution in [1.29, 1.82) is 0 Å². The molecule has 0 saturated heterocycles. The van der Waals surface area contributed by atoms with Gasteiger partial charge in [-0.15, -0.1) is 0 Å². The molecule has 4 heteroatoms. The normalized spacial score (nSPS) is 3.60. The monoisotopic (exact) mass is 468 g/mol. The summed E-state index contributed by atoms with van der Waals surface area (Å²) < 4.78 is 0. The molecule has 10 heavy (non-hydrogen) atoms. The minimum Gasteiger partial charge on any atom is -1.00 e. The van der Waals surface area contributed by atoms with Crippen LogP contribution in [0.3, 0.4) is 0 Å². The van der Waals surface area contributed by atoms with Gasteiger partial charge in [-0.1, -0.05) is 6.92 Å². The van der Waals surface area contributed by atoms with Gasteiger partial charge in [0.25, 0.3) is 0 Å². The fraction of sp³-hybridized carbons (Fsp3) is 0.667. The average Bonchev–Trinajstić information content (AvgIpc) is 1.39. The third-order valence-corrected chi connectivity index (χ3v) is 0. The van der Waals surface area contributed by atoms with Crippen LogP contribution in [0.15, 0.2) is 0 Å². The van der Waals surface area contributed by atoms with Crippen LogP contribution in [-0.4, -0.2) is 0 Å². The van der Waals surface area contributed by atoms with Crippen molar-refractivity contribution in [2.45, 2.75) is 27.2 Å².